The van der Waals surface area contributed by atoms with E-state index < -0.39 is 0 Å². The van der Waals surface area contributed by atoms with Crippen molar-refractivity contribution in [2.75, 3.05) is 6.54 Å². The van der Waals surface area contributed by atoms with Gasteiger partial charge in [0.25, 0.3) is 0 Å². The number of hydrogen-bond acceptors (Lipinski definition) is 3. The molecule has 2 fully saturated rings. The SMILES string of the molecule is CC1(C)C(O)CC1NC1CNC(=O)C1. The number of hydrogen-bond donors (Lipinski definition) is 3. The van der Waals surface area contributed by atoms with Crippen molar-refractivity contribution in [2.45, 2.75) is 44.9 Å². The first-order chi connectivity index (χ1) is 6.50. The van der Waals surface area contributed by atoms with Crippen LogP contribution in [0.1, 0.15) is 26.7 Å². The molecule has 1 saturated carbocycles. The van der Waals surface area contributed by atoms with Gasteiger partial charge in [-0.1, -0.05) is 13.8 Å². The first kappa shape index (κ1) is 9.93. The van der Waals surface area contributed by atoms with Crippen LogP contribution in [0.15, 0.2) is 0 Å². The van der Waals surface area contributed by atoms with E-state index in [0.717, 1.165) is 13.0 Å². The van der Waals surface area contributed by atoms with Gasteiger partial charge in [0, 0.05) is 30.5 Å². The molecule has 0 bridgehead atoms. The maximum atomic E-state index is 11.0. The van der Waals surface area contributed by atoms with Gasteiger partial charge in [-0.15, -0.1) is 0 Å². The van der Waals surface area contributed by atoms with E-state index in [9.17, 15) is 9.90 Å². The van der Waals surface area contributed by atoms with Gasteiger partial charge < -0.3 is 15.7 Å². The molecule has 1 saturated heterocycles. The number of aliphatic hydroxyl groups is 1. The van der Waals surface area contributed by atoms with Crippen molar-refractivity contribution in [1.82, 2.24) is 10.6 Å². The Kier molecular flexibility index (Phi) is 2.27. The highest BCUT2D eigenvalue weighted by atomic mass is 16.3. The van der Waals surface area contributed by atoms with Crippen LogP contribution < -0.4 is 10.6 Å². The minimum absolute atomic E-state index is 0.0500. The Bertz CT molecular complexity index is 253. The van der Waals surface area contributed by atoms with Gasteiger partial charge in [-0.2, -0.15) is 0 Å². The van der Waals surface area contributed by atoms with E-state index in [1.807, 2.05) is 0 Å². The molecule has 2 rings (SSSR count). The third-order valence-corrected chi connectivity index (χ3v) is 3.63. The second-order valence-corrected chi connectivity index (χ2v) is 5.00. The molecule has 3 N–H and O–H groups in total. The Morgan fingerprint density at radius 2 is 2.29 bits per heavy atom. The zero-order valence-electron chi connectivity index (χ0n) is 8.71. The van der Waals surface area contributed by atoms with Crippen molar-refractivity contribution >= 4 is 5.91 Å². The smallest absolute Gasteiger partial charge is 0.221 e. The number of carbonyl (C=O) groups excluding carboxylic acids is 1. The monoisotopic (exact) mass is 198 g/mol. The van der Waals surface area contributed by atoms with Crippen LogP contribution in [0.4, 0.5) is 0 Å². The van der Waals surface area contributed by atoms with Crippen LogP contribution in [-0.2, 0) is 4.79 Å². The van der Waals surface area contributed by atoms with Crippen LogP contribution >= 0.6 is 0 Å². The van der Waals surface area contributed by atoms with Crippen molar-refractivity contribution in [3.05, 3.63) is 0 Å². The van der Waals surface area contributed by atoms with E-state index in [4.69, 9.17) is 0 Å². The predicted octanol–water partition coefficient (Wildman–Crippen LogP) is -0.376. The quantitative estimate of drug-likeness (QED) is 0.567. The molecule has 2 aliphatic rings. The highest BCUT2D eigenvalue weighted by Gasteiger charge is 2.48. The molecule has 1 aliphatic carbocycles. The molecule has 14 heavy (non-hydrogen) atoms. The number of carbonyl (C=O) groups is 1. The molecular weight excluding hydrogens is 180 g/mol. The van der Waals surface area contributed by atoms with E-state index >= 15 is 0 Å². The Balaban J connectivity index is 1.85. The van der Waals surface area contributed by atoms with Gasteiger partial charge in [0.15, 0.2) is 0 Å². The van der Waals surface area contributed by atoms with E-state index in [0.29, 0.717) is 12.5 Å². The average molecular weight is 198 g/mol. The summed E-state index contributed by atoms with van der Waals surface area (Å²) < 4.78 is 0. The van der Waals surface area contributed by atoms with E-state index in [-0.39, 0.29) is 23.5 Å². The second kappa shape index (κ2) is 3.21. The minimum Gasteiger partial charge on any atom is -0.392 e. The van der Waals surface area contributed by atoms with E-state index in [1.54, 1.807) is 0 Å². The molecule has 80 valence electrons. The van der Waals surface area contributed by atoms with Crippen LogP contribution in [0.3, 0.4) is 0 Å². The summed E-state index contributed by atoms with van der Waals surface area (Å²) in [5, 5.41) is 15.8. The lowest BCUT2D eigenvalue weighted by Gasteiger charge is -2.50. The molecule has 0 aromatic heterocycles. The van der Waals surface area contributed by atoms with Crippen LogP contribution in [0.5, 0.6) is 0 Å². The summed E-state index contributed by atoms with van der Waals surface area (Å²) in [6.07, 6.45) is 1.17. The Morgan fingerprint density at radius 1 is 1.57 bits per heavy atom. The highest BCUT2D eigenvalue weighted by molar-refractivity contribution is 5.78. The number of aliphatic hydroxyl groups excluding tert-OH is 1. The molecular formula is C10H18N2O2. The normalized spacial score (nSPS) is 40.5. The number of amides is 1. The van der Waals surface area contributed by atoms with Crippen molar-refractivity contribution in [3.8, 4) is 0 Å². The van der Waals surface area contributed by atoms with Crippen molar-refractivity contribution in [3.63, 3.8) is 0 Å². The zero-order chi connectivity index (χ0) is 10.3. The molecule has 4 nitrogen and oxygen atoms in total. The van der Waals surface area contributed by atoms with E-state index in [1.165, 1.54) is 0 Å². The molecule has 1 amide bonds. The summed E-state index contributed by atoms with van der Waals surface area (Å²) in [6, 6.07) is 0.592. The van der Waals surface area contributed by atoms with Gasteiger partial charge in [-0.25, -0.2) is 0 Å². The summed E-state index contributed by atoms with van der Waals surface area (Å²) in [4.78, 5) is 11.0. The van der Waals surface area contributed by atoms with Gasteiger partial charge in [-0.05, 0) is 6.42 Å². The zero-order valence-corrected chi connectivity index (χ0v) is 8.71. The van der Waals surface area contributed by atoms with Crippen molar-refractivity contribution in [1.29, 1.82) is 0 Å². The first-order valence-electron chi connectivity index (χ1n) is 5.21. The lowest BCUT2D eigenvalue weighted by molar-refractivity contribution is -0.119. The minimum atomic E-state index is -0.204. The van der Waals surface area contributed by atoms with Gasteiger partial charge in [0.1, 0.15) is 0 Å². The average Bonchev–Trinajstić information content (AvgIpc) is 2.51. The van der Waals surface area contributed by atoms with Crippen LogP contribution in [0.2, 0.25) is 0 Å². The lowest BCUT2D eigenvalue weighted by Crippen LogP contribution is -2.62. The molecule has 0 aromatic rings. The summed E-state index contributed by atoms with van der Waals surface area (Å²) in [7, 11) is 0. The molecule has 0 radical (unpaired) electrons. The topological polar surface area (TPSA) is 61.4 Å². The number of rotatable bonds is 2. The van der Waals surface area contributed by atoms with Gasteiger partial charge >= 0.3 is 0 Å². The maximum Gasteiger partial charge on any atom is 0.221 e. The van der Waals surface area contributed by atoms with Crippen molar-refractivity contribution < 1.29 is 9.90 Å². The summed E-state index contributed by atoms with van der Waals surface area (Å²) in [5.41, 5.74) is -0.0500. The van der Waals surface area contributed by atoms with Crippen molar-refractivity contribution in [2.24, 2.45) is 5.41 Å². The second-order valence-electron chi connectivity index (χ2n) is 5.00. The van der Waals surface area contributed by atoms with Gasteiger partial charge in [-0.3, -0.25) is 4.79 Å². The fraction of sp³-hybridized carbons (Fsp3) is 0.900. The molecule has 0 aromatic carbocycles. The summed E-state index contributed by atoms with van der Waals surface area (Å²) in [6.45, 7) is 4.84. The molecule has 0 spiro atoms. The Morgan fingerprint density at radius 3 is 2.71 bits per heavy atom. The Labute approximate surface area is 84.1 Å². The standard InChI is InChI=1S/C10H18N2O2/c1-10(2)7(4-8(10)13)12-6-3-9(14)11-5-6/h6-8,12-13H,3-5H2,1-2H3,(H,11,14). The number of nitrogens with one attached hydrogen (secondary N) is 2. The third kappa shape index (κ3) is 1.53. The largest absolute Gasteiger partial charge is 0.392 e. The fourth-order valence-electron chi connectivity index (χ4n) is 2.19. The third-order valence-electron chi connectivity index (χ3n) is 3.63. The predicted molar refractivity (Wildman–Crippen MR) is 52.7 cm³/mol. The van der Waals surface area contributed by atoms with E-state index in [2.05, 4.69) is 24.5 Å². The molecule has 1 aliphatic heterocycles. The highest BCUT2D eigenvalue weighted by Crippen LogP contribution is 2.40. The Hall–Kier alpha value is -0.610. The fourth-order valence-corrected chi connectivity index (χ4v) is 2.19. The van der Waals surface area contributed by atoms with Crippen LogP contribution in [-0.4, -0.2) is 35.7 Å². The molecule has 3 atom stereocenters. The molecule has 3 unspecified atom stereocenters. The summed E-state index contributed by atoms with van der Waals surface area (Å²) >= 11 is 0. The van der Waals surface area contributed by atoms with Crippen LogP contribution in [0, 0.1) is 5.41 Å². The van der Waals surface area contributed by atoms with Gasteiger partial charge in [0.2, 0.25) is 5.91 Å². The van der Waals surface area contributed by atoms with Gasteiger partial charge in [0.05, 0.1) is 6.10 Å². The molecule has 1 heterocycles. The molecule has 4 heteroatoms. The van der Waals surface area contributed by atoms with Crippen LogP contribution in [0.25, 0.3) is 0 Å². The summed E-state index contributed by atoms with van der Waals surface area (Å²) in [5.74, 6) is 0.125. The first-order valence-corrected chi connectivity index (χ1v) is 5.21. The lowest BCUT2D eigenvalue weighted by atomic mass is 9.64. The maximum absolute atomic E-state index is 11.0.